The molecule has 3 aromatic carbocycles. The summed E-state index contributed by atoms with van der Waals surface area (Å²) in [5.74, 6) is -1.82. The number of alkyl carbamates (subject to hydrolysis) is 1. The van der Waals surface area contributed by atoms with Crippen LogP contribution in [0.3, 0.4) is 0 Å². The summed E-state index contributed by atoms with van der Waals surface area (Å²) in [6.07, 6.45) is 0.0688. The Bertz CT molecular complexity index is 1280. The average Bonchev–Trinajstić information content (AvgIpc) is 3.56. The maximum Gasteiger partial charge on any atom is 0.407 e. The van der Waals surface area contributed by atoms with Gasteiger partial charge in [-0.15, -0.1) is 0 Å². The van der Waals surface area contributed by atoms with Crippen molar-refractivity contribution in [2.75, 3.05) is 18.5 Å². The summed E-state index contributed by atoms with van der Waals surface area (Å²) in [6, 6.07) is 20.5. The highest BCUT2D eigenvalue weighted by Gasteiger charge is 2.43. The number of amides is 2. The van der Waals surface area contributed by atoms with Gasteiger partial charge in [-0.3, -0.25) is 4.79 Å². The summed E-state index contributed by atoms with van der Waals surface area (Å²) in [6.45, 7) is 0.525. The Hall–Kier alpha value is -3.84. The quantitative estimate of drug-likeness (QED) is 0.424. The highest BCUT2D eigenvalue weighted by Crippen LogP contribution is 2.44. The van der Waals surface area contributed by atoms with E-state index < -0.39 is 12.1 Å². The number of carboxylic acids is 1. The standard InChI is InChI=1S/C27H23ClN2O5/c28-16-9-10-21(26(32)33)24(12-16)30-25(31)22-11-15(22)13-29-27(34)35-14-23-19-7-3-1-5-17(19)18-6-2-4-8-20(18)23/h1-10,12,15,22-23H,11,13-14H2,(H,29,34)(H,30,31)(H,32,33)/t15-,22-/m1/s1. The number of carbonyl (C=O) groups is 3. The fourth-order valence-electron chi connectivity index (χ4n) is 4.69. The SMILES string of the molecule is O=C(NC[C@H]1C[C@H]1C(=O)Nc1cc(Cl)ccc1C(=O)O)OCC1c2ccccc2-c2ccccc21. The van der Waals surface area contributed by atoms with E-state index in [1.165, 1.54) is 18.2 Å². The van der Waals surface area contributed by atoms with E-state index >= 15 is 0 Å². The number of aromatic carboxylic acids is 1. The van der Waals surface area contributed by atoms with Gasteiger partial charge in [0.1, 0.15) is 6.61 Å². The highest BCUT2D eigenvalue weighted by atomic mass is 35.5. The molecule has 0 unspecified atom stereocenters. The van der Waals surface area contributed by atoms with Gasteiger partial charge in [-0.1, -0.05) is 60.1 Å². The number of anilines is 1. The van der Waals surface area contributed by atoms with Crippen molar-refractivity contribution in [3.8, 4) is 11.1 Å². The lowest BCUT2D eigenvalue weighted by Gasteiger charge is -2.14. The Balaban J connectivity index is 1.12. The molecular weight excluding hydrogens is 468 g/mol. The lowest BCUT2D eigenvalue weighted by atomic mass is 9.98. The second kappa shape index (κ2) is 9.43. The molecule has 1 saturated carbocycles. The molecule has 0 spiro atoms. The highest BCUT2D eigenvalue weighted by molar-refractivity contribution is 6.31. The molecule has 178 valence electrons. The van der Waals surface area contributed by atoms with Crippen LogP contribution in [0.1, 0.15) is 33.8 Å². The smallest absolute Gasteiger partial charge is 0.407 e. The molecule has 2 atom stereocenters. The molecule has 0 heterocycles. The predicted octanol–water partition coefficient (Wildman–Crippen LogP) is 5.15. The van der Waals surface area contributed by atoms with E-state index in [1.54, 1.807) is 0 Å². The largest absolute Gasteiger partial charge is 0.478 e. The van der Waals surface area contributed by atoms with Crippen LogP contribution in [-0.2, 0) is 9.53 Å². The number of rotatable bonds is 7. The molecular formula is C27H23ClN2O5. The van der Waals surface area contributed by atoms with Crippen molar-refractivity contribution in [3.05, 3.63) is 88.4 Å². The van der Waals surface area contributed by atoms with Crippen LogP contribution in [0.15, 0.2) is 66.7 Å². The molecule has 2 aliphatic carbocycles. The van der Waals surface area contributed by atoms with Gasteiger partial charge in [0.25, 0.3) is 0 Å². The molecule has 3 N–H and O–H groups in total. The third-order valence-electron chi connectivity index (χ3n) is 6.58. The van der Waals surface area contributed by atoms with E-state index in [9.17, 15) is 19.5 Å². The van der Waals surface area contributed by atoms with E-state index in [4.69, 9.17) is 16.3 Å². The summed E-state index contributed by atoms with van der Waals surface area (Å²) < 4.78 is 5.53. The molecule has 2 amide bonds. The van der Waals surface area contributed by atoms with Gasteiger partial charge in [0.05, 0.1) is 11.3 Å². The molecule has 7 nitrogen and oxygen atoms in total. The maximum absolute atomic E-state index is 12.6. The number of carboxylic acid groups (broad SMARTS) is 1. The molecule has 2 aliphatic rings. The topological polar surface area (TPSA) is 105 Å². The molecule has 0 aromatic heterocycles. The first-order chi connectivity index (χ1) is 16.9. The van der Waals surface area contributed by atoms with E-state index in [0.717, 1.165) is 22.3 Å². The van der Waals surface area contributed by atoms with E-state index in [2.05, 4.69) is 34.9 Å². The summed E-state index contributed by atoms with van der Waals surface area (Å²) in [5.41, 5.74) is 4.73. The lowest BCUT2D eigenvalue weighted by molar-refractivity contribution is -0.117. The molecule has 5 rings (SSSR count). The van der Waals surface area contributed by atoms with E-state index in [1.807, 2.05) is 24.3 Å². The Labute approximate surface area is 207 Å². The van der Waals surface area contributed by atoms with Crippen molar-refractivity contribution < 1.29 is 24.2 Å². The number of hydrogen-bond acceptors (Lipinski definition) is 4. The van der Waals surface area contributed by atoms with Gasteiger partial charge in [0.2, 0.25) is 5.91 Å². The molecule has 8 heteroatoms. The van der Waals surface area contributed by atoms with Crippen LogP contribution in [0, 0.1) is 11.8 Å². The van der Waals surface area contributed by atoms with Crippen LogP contribution >= 0.6 is 11.6 Å². The molecule has 0 saturated heterocycles. The molecule has 0 bridgehead atoms. The number of benzene rings is 3. The molecule has 0 aliphatic heterocycles. The number of halogens is 1. The van der Waals surface area contributed by atoms with Crippen molar-refractivity contribution in [1.82, 2.24) is 5.32 Å². The first-order valence-electron chi connectivity index (χ1n) is 11.3. The van der Waals surface area contributed by atoms with Crippen molar-refractivity contribution in [3.63, 3.8) is 0 Å². The summed E-state index contributed by atoms with van der Waals surface area (Å²) in [5, 5.41) is 15.0. The Morgan fingerprint density at radius 2 is 1.63 bits per heavy atom. The van der Waals surface area contributed by atoms with Crippen LogP contribution in [-0.4, -0.2) is 36.2 Å². The minimum atomic E-state index is -1.15. The number of carbonyl (C=O) groups excluding carboxylic acids is 2. The van der Waals surface area contributed by atoms with Crippen LogP contribution in [0.5, 0.6) is 0 Å². The predicted molar refractivity (Wildman–Crippen MR) is 132 cm³/mol. The van der Waals surface area contributed by atoms with Crippen molar-refractivity contribution in [2.45, 2.75) is 12.3 Å². The monoisotopic (exact) mass is 490 g/mol. The van der Waals surface area contributed by atoms with Crippen LogP contribution < -0.4 is 10.6 Å². The molecule has 35 heavy (non-hydrogen) atoms. The summed E-state index contributed by atoms with van der Waals surface area (Å²) >= 11 is 5.94. The summed E-state index contributed by atoms with van der Waals surface area (Å²) in [4.78, 5) is 36.3. The number of nitrogens with one attached hydrogen (secondary N) is 2. The maximum atomic E-state index is 12.6. The normalized spacial score (nSPS) is 17.7. The Morgan fingerprint density at radius 1 is 0.971 bits per heavy atom. The Morgan fingerprint density at radius 3 is 2.29 bits per heavy atom. The molecule has 1 fully saturated rings. The van der Waals surface area contributed by atoms with E-state index in [-0.39, 0.29) is 41.5 Å². The first-order valence-corrected chi connectivity index (χ1v) is 11.7. The van der Waals surface area contributed by atoms with Crippen molar-refractivity contribution in [2.24, 2.45) is 11.8 Å². The Kier molecular flexibility index (Phi) is 6.17. The van der Waals surface area contributed by atoms with Crippen LogP contribution in [0.4, 0.5) is 10.5 Å². The lowest BCUT2D eigenvalue weighted by Crippen LogP contribution is -2.29. The minimum absolute atomic E-state index is 0.0197. The van der Waals surface area contributed by atoms with Crippen LogP contribution in [0.25, 0.3) is 11.1 Å². The third kappa shape index (κ3) is 4.72. The second-order valence-corrected chi connectivity index (χ2v) is 9.23. The first kappa shape index (κ1) is 22.9. The van der Waals surface area contributed by atoms with Crippen molar-refractivity contribution in [1.29, 1.82) is 0 Å². The second-order valence-electron chi connectivity index (χ2n) is 8.79. The van der Waals surface area contributed by atoms with Gasteiger partial charge in [-0.05, 0) is 52.8 Å². The fraction of sp³-hybridized carbons (Fsp3) is 0.222. The van der Waals surface area contributed by atoms with Gasteiger partial charge in [0.15, 0.2) is 0 Å². The third-order valence-corrected chi connectivity index (χ3v) is 6.82. The van der Waals surface area contributed by atoms with Gasteiger partial charge < -0.3 is 20.5 Å². The zero-order chi connectivity index (χ0) is 24.5. The minimum Gasteiger partial charge on any atom is -0.478 e. The molecule has 3 aromatic rings. The van der Waals surface area contributed by atoms with E-state index in [0.29, 0.717) is 18.0 Å². The van der Waals surface area contributed by atoms with Gasteiger partial charge in [-0.2, -0.15) is 0 Å². The zero-order valence-corrected chi connectivity index (χ0v) is 19.4. The van der Waals surface area contributed by atoms with Gasteiger partial charge >= 0.3 is 12.1 Å². The average molecular weight is 491 g/mol. The fourth-order valence-corrected chi connectivity index (χ4v) is 4.86. The summed E-state index contributed by atoms with van der Waals surface area (Å²) in [7, 11) is 0. The number of fused-ring (bicyclic) bond motifs is 3. The van der Waals surface area contributed by atoms with Crippen LogP contribution in [0.2, 0.25) is 5.02 Å². The zero-order valence-electron chi connectivity index (χ0n) is 18.7. The number of hydrogen-bond donors (Lipinski definition) is 3. The van der Waals surface area contributed by atoms with Gasteiger partial charge in [-0.25, -0.2) is 9.59 Å². The van der Waals surface area contributed by atoms with Gasteiger partial charge in [0, 0.05) is 23.4 Å². The molecule has 0 radical (unpaired) electrons. The number of ether oxygens (including phenoxy) is 1. The van der Waals surface area contributed by atoms with Crippen molar-refractivity contribution >= 4 is 35.3 Å².